The fourth-order valence-electron chi connectivity index (χ4n) is 1.68. The summed E-state index contributed by atoms with van der Waals surface area (Å²) in [7, 11) is 1.68. The van der Waals surface area contributed by atoms with Gasteiger partial charge in [0.2, 0.25) is 0 Å². The van der Waals surface area contributed by atoms with Crippen molar-refractivity contribution >= 4 is 23.6 Å². The van der Waals surface area contributed by atoms with E-state index < -0.39 is 5.97 Å². The van der Waals surface area contributed by atoms with Gasteiger partial charge in [-0.3, -0.25) is 9.48 Å². The Labute approximate surface area is 115 Å². The topological polar surface area (TPSA) is 84.2 Å². The maximum Gasteiger partial charge on any atom is 0.328 e. The number of carbonyl (C=O) groups excluding carboxylic acids is 1. The number of anilines is 1. The highest BCUT2D eigenvalue weighted by atomic mass is 16.4. The van der Waals surface area contributed by atoms with Gasteiger partial charge < -0.3 is 10.4 Å². The Hall–Kier alpha value is -2.89. The van der Waals surface area contributed by atoms with E-state index in [1.165, 1.54) is 10.8 Å². The van der Waals surface area contributed by atoms with E-state index in [1.54, 1.807) is 43.6 Å². The smallest absolute Gasteiger partial charge is 0.328 e. The first-order chi connectivity index (χ1) is 9.56. The third kappa shape index (κ3) is 3.32. The number of hydrogen-bond donors (Lipinski definition) is 2. The molecule has 6 nitrogen and oxygen atoms in total. The summed E-state index contributed by atoms with van der Waals surface area (Å²) in [5, 5.41) is 15.2. The molecule has 0 radical (unpaired) electrons. The Bertz CT molecular complexity index is 674. The van der Waals surface area contributed by atoms with E-state index >= 15 is 0 Å². The van der Waals surface area contributed by atoms with Crippen molar-refractivity contribution in [2.45, 2.75) is 0 Å². The Kier molecular flexibility index (Phi) is 3.95. The van der Waals surface area contributed by atoms with Crippen molar-refractivity contribution in [3.63, 3.8) is 0 Å². The zero-order chi connectivity index (χ0) is 14.5. The largest absolute Gasteiger partial charge is 0.478 e. The van der Waals surface area contributed by atoms with Crippen LogP contribution in [0.1, 0.15) is 16.1 Å². The minimum Gasteiger partial charge on any atom is -0.478 e. The normalized spacial score (nSPS) is 10.7. The van der Waals surface area contributed by atoms with Crippen LogP contribution >= 0.6 is 0 Å². The molecule has 2 rings (SSSR count). The average Bonchev–Trinajstić information content (AvgIpc) is 2.83. The zero-order valence-electron chi connectivity index (χ0n) is 10.8. The average molecular weight is 271 g/mol. The van der Waals surface area contributed by atoms with Gasteiger partial charge >= 0.3 is 5.97 Å². The van der Waals surface area contributed by atoms with Gasteiger partial charge in [-0.15, -0.1) is 0 Å². The summed E-state index contributed by atoms with van der Waals surface area (Å²) in [5.74, 6) is -1.29. The summed E-state index contributed by atoms with van der Waals surface area (Å²) in [6.07, 6.45) is 4.05. The number of aromatic nitrogens is 2. The molecule has 1 aromatic carbocycles. The lowest BCUT2D eigenvalue weighted by Crippen LogP contribution is -2.16. The first-order valence-electron chi connectivity index (χ1n) is 5.86. The molecule has 0 aliphatic rings. The summed E-state index contributed by atoms with van der Waals surface area (Å²) < 4.78 is 1.48. The maximum atomic E-state index is 12.0. The molecule has 0 atom stereocenters. The van der Waals surface area contributed by atoms with E-state index in [4.69, 9.17) is 5.11 Å². The molecule has 102 valence electrons. The maximum absolute atomic E-state index is 12.0. The predicted molar refractivity (Wildman–Crippen MR) is 74.3 cm³/mol. The van der Waals surface area contributed by atoms with Crippen LogP contribution in [0, 0.1) is 0 Å². The fourth-order valence-corrected chi connectivity index (χ4v) is 1.68. The SMILES string of the molecule is Cn1nccc1C(=O)Nc1cccc(/C=C/C(=O)O)c1. The Morgan fingerprint density at radius 1 is 1.35 bits per heavy atom. The lowest BCUT2D eigenvalue weighted by Gasteiger charge is -2.06. The number of amides is 1. The molecule has 20 heavy (non-hydrogen) atoms. The van der Waals surface area contributed by atoms with Gasteiger partial charge in [0.05, 0.1) is 0 Å². The molecule has 0 saturated heterocycles. The Morgan fingerprint density at radius 3 is 2.80 bits per heavy atom. The van der Waals surface area contributed by atoms with Gasteiger partial charge in [0.1, 0.15) is 5.69 Å². The molecule has 0 aliphatic heterocycles. The summed E-state index contributed by atoms with van der Waals surface area (Å²) in [6, 6.07) is 8.52. The molecule has 0 unspecified atom stereocenters. The number of carboxylic acid groups (broad SMARTS) is 1. The van der Waals surface area contributed by atoms with Crippen LogP contribution in [-0.2, 0) is 11.8 Å². The van der Waals surface area contributed by atoms with Crippen molar-refractivity contribution < 1.29 is 14.7 Å². The van der Waals surface area contributed by atoms with Crippen molar-refractivity contribution in [2.75, 3.05) is 5.32 Å². The van der Waals surface area contributed by atoms with Gasteiger partial charge in [-0.1, -0.05) is 12.1 Å². The second kappa shape index (κ2) is 5.83. The van der Waals surface area contributed by atoms with Gasteiger partial charge in [0, 0.05) is 25.0 Å². The Morgan fingerprint density at radius 2 is 2.15 bits per heavy atom. The highest BCUT2D eigenvalue weighted by molar-refractivity contribution is 6.03. The van der Waals surface area contributed by atoms with Crippen LogP contribution in [0.5, 0.6) is 0 Å². The third-order valence-corrected chi connectivity index (χ3v) is 2.62. The van der Waals surface area contributed by atoms with Crippen LogP contribution in [0.2, 0.25) is 0 Å². The van der Waals surface area contributed by atoms with Crippen molar-refractivity contribution in [2.24, 2.45) is 7.05 Å². The molecule has 1 aromatic heterocycles. The minimum atomic E-state index is -1.02. The van der Waals surface area contributed by atoms with Crippen LogP contribution in [-0.4, -0.2) is 26.8 Å². The van der Waals surface area contributed by atoms with Gasteiger partial charge in [-0.05, 0) is 29.8 Å². The quantitative estimate of drug-likeness (QED) is 0.830. The van der Waals surface area contributed by atoms with Crippen LogP contribution in [0.15, 0.2) is 42.6 Å². The molecule has 2 N–H and O–H groups in total. The predicted octanol–water partition coefficient (Wildman–Crippen LogP) is 1.77. The highest BCUT2D eigenvalue weighted by Gasteiger charge is 2.09. The lowest BCUT2D eigenvalue weighted by molar-refractivity contribution is -0.131. The van der Waals surface area contributed by atoms with Crippen LogP contribution < -0.4 is 5.32 Å². The zero-order valence-corrected chi connectivity index (χ0v) is 10.8. The fraction of sp³-hybridized carbons (Fsp3) is 0.0714. The van der Waals surface area contributed by atoms with Crippen molar-refractivity contribution in [3.8, 4) is 0 Å². The van der Waals surface area contributed by atoms with Gasteiger partial charge in [-0.25, -0.2) is 4.79 Å². The van der Waals surface area contributed by atoms with Gasteiger partial charge in [-0.2, -0.15) is 5.10 Å². The van der Waals surface area contributed by atoms with Gasteiger partial charge in [0.25, 0.3) is 5.91 Å². The number of rotatable bonds is 4. The molecule has 2 aromatic rings. The van der Waals surface area contributed by atoms with E-state index in [2.05, 4.69) is 10.4 Å². The number of aliphatic carboxylic acids is 1. The molecule has 0 bridgehead atoms. The molecule has 1 heterocycles. The Balaban J connectivity index is 2.14. The molecular formula is C14H13N3O3. The van der Waals surface area contributed by atoms with Crippen molar-refractivity contribution in [1.29, 1.82) is 0 Å². The summed E-state index contributed by atoms with van der Waals surface area (Å²) in [5.41, 5.74) is 1.72. The molecule has 0 aliphatic carbocycles. The molecule has 6 heteroatoms. The first kappa shape index (κ1) is 13.5. The van der Waals surface area contributed by atoms with Crippen molar-refractivity contribution in [1.82, 2.24) is 9.78 Å². The van der Waals surface area contributed by atoms with E-state index in [-0.39, 0.29) is 5.91 Å². The van der Waals surface area contributed by atoms with E-state index in [0.29, 0.717) is 16.9 Å². The van der Waals surface area contributed by atoms with Crippen LogP contribution in [0.4, 0.5) is 5.69 Å². The van der Waals surface area contributed by atoms with Crippen molar-refractivity contribution in [3.05, 3.63) is 53.9 Å². The lowest BCUT2D eigenvalue weighted by atomic mass is 10.2. The van der Waals surface area contributed by atoms with Gasteiger partial charge in [0.15, 0.2) is 0 Å². The number of nitrogens with one attached hydrogen (secondary N) is 1. The number of aryl methyl sites for hydroxylation is 1. The van der Waals surface area contributed by atoms with Crippen LogP contribution in [0.25, 0.3) is 6.08 Å². The summed E-state index contributed by atoms with van der Waals surface area (Å²) in [4.78, 5) is 22.5. The number of hydrogen-bond acceptors (Lipinski definition) is 3. The molecule has 0 spiro atoms. The molecule has 0 saturated carbocycles. The third-order valence-electron chi connectivity index (χ3n) is 2.62. The standard InChI is InChI=1S/C14H13N3O3/c1-17-12(7-8-15-17)14(20)16-11-4-2-3-10(9-11)5-6-13(18)19/h2-9H,1H3,(H,16,20)(H,18,19)/b6-5+. The number of carboxylic acids is 1. The van der Waals surface area contributed by atoms with E-state index in [1.807, 2.05) is 0 Å². The molecular weight excluding hydrogens is 258 g/mol. The number of nitrogens with zero attached hydrogens (tertiary/aromatic N) is 2. The summed E-state index contributed by atoms with van der Waals surface area (Å²) >= 11 is 0. The summed E-state index contributed by atoms with van der Waals surface area (Å²) in [6.45, 7) is 0. The van der Waals surface area contributed by atoms with Crippen LogP contribution in [0.3, 0.4) is 0 Å². The minimum absolute atomic E-state index is 0.274. The number of carbonyl (C=O) groups is 2. The number of benzene rings is 1. The monoisotopic (exact) mass is 271 g/mol. The van der Waals surface area contributed by atoms with E-state index in [9.17, 15) is 9.59 Å². The molecule has 0 fully saturated rings. The highest BCUT2D eigenvalue weighted by Crippen LogP contribution is 2.13. The second-order valence-corrected chi connectivity index (χ2v) is 4.09. The molecule has 1 amide bonds. The van der Waals surface area contributed by atoms with E-state index in [0.717, 1.165) is 6.08 Å². The second-order valence-electron chi connectivity index (χ2n) is 4.09. The first-order valence-corrected chi connectivity index (χ1v) is 5.86.